The van der Waals surface area contributed by atoms with Gasteiger partial charge in [0.15, 0.2) is 24.9 Å². The Morgan fingerprint density at radius 2 is 1.06 bits per heavy atom. The number of benzene rings is 3. The number of imide groups is 1. The van der Waals surface area contributed by atoms with Crippen molar-refractivity contribution in [1.29, 1.82) is 0 Å². The molecule has 4 amide bonds. The maximum Gasteiger partial charge on any atom is 0.410 e. The van der Waals surface area contributed by atoms with E-state index in [-0.39, 0.29) is 62.4 Å². The number of carbonyl (C=O) groups excluding carboxylic acids is 4. The van der Waals surface area contributed by atoms with Gasteiger partial charge in [-0.1, -0.05) is 46.7 Å². The number of fused-ring (bicyclic) bond motifs is 1. The summed E-state index contributed by atoms with van der Waals surface area (Å²) in [5.74, 6) is 2.18. The van der Waals surface area contributed by atoms with Gasteiger partial charge in [-0.25, -0.2) is 9.59 Å². The Bertz CT molecular complexity index is 2420. The molecule has 0 radical (unpaired) electrons. The summed E-state index contributed by atoms with van der Waals surface area (Å²) in [6, 6.07) is 20.5. The van der Waals surface area contributed by atoms with Gasteiger partial charge in [0.25, 0.3) is 23.6 Å². The van der Waals surface area contributed by atoms with Gasteiger partial charge in [0, 0.05) is 13.1 Å². The minimum absolute atomic E-state index is 0.0111. The Balaban J connectivity index is 0.000000206. The molecule has 5 aromatic rings. The largest absolute Gasteiger partial charge is 0.484 e. The number of hydrogen-bond donors (Lipinski definition) is 1. The highest BCUT2D eigenvalue weighted by Gasteiger charge is 2.37. The van der Waals surface area contributed by atoms with Gasteiger partial charge in [0.1, 0.15) is 22.7 Å². The zero-order chi connectivity index (χ0) is 47.0. The maximum atomic E-state index is 12.7. The molecule has 66 heavy (non-hydrogen) atoms. The Hall–Kier alpha value is -6.82. The fourth-order valence-corrected chi connectivity index (χ4v) is 7.64. The van der Waals surface area contributed by atoms with E-state index in [1.165, 1.54) is 4.90 Å². The van der Waals surface area contributed by atoms with Crippen LogP contribution in [0, 0.1) is 0 Å². The number of aliphatic hydroxyl groups is 1. The van der Waals surface area contributed by atoms with Crippen molar-refractivity contribution in [2.24, 2.45) is 0 Å². The molecule has 350 valence electrons. The number of amides is 4. The lowest BCUT2D eigenvalue weighted by atomic mass is 10.0. The SMILES string of the molecule is CC(C)(C)OC(=O)N1CCCC[C@H]1c1noc(COc2ccc(CN3C(=O)c4ccccc4C3=O)cc2)n1.CC(C)(C)OC(=O)N1CCCC[C@H]1c1noc(COc2ccc(CO)cc2)n1. The van der Waals surface area contributed by atoms with Crippen LogP contribution in [0.2, 0.25) is 0 Å². The number of piperidine rings is 2. The van der Waals surface area contributed by atoms with Crippen molar-refractivity contribution in [3.8, 4) is 11.5 Å². The molecule has 3 aliphatic heterocycles. The molecule has 1 N–H and O–H groups in total. The monoisotopic (exact) mass is 907 g/mol. The molecule has 2 atom stereocenters. The summed E-state index contributed by atoms with van der Waals surface area (Å²) >= 11 is 0. The van der Waals surface area contributed by atoms with Crippen LogP contribution in [0.4, 0.5) is 9.59 Å². The van der Waals surface area contributed by atoms with Gasteiger partial charge in [-0.05, 0) is 128 Å². The van der Waals surface area contributed by atoms with E-state index in [9.17, 15) is 19.2 Å². The fraction of sp³-hybridized carbons (Fsp3) is 0.458. The smallest absolute Gasteiger partial charge is 0.410 e. The quantitative estimate of drug-likeness (QED) is 0.123. The molecule has 0 unspecified atom stereocenters. The van der Waals surface area contributed by atoms with Crippen molar-refractivity contribution in [2.75, 3.05) is 13.1 Å². The lowest BCUT2D eigenvalue weighted by Crippen LogP contribution is -2.42. The molecule has 0 saturated carbocycles. The highest BCUT2D eigenvalue weighted by molar-refractivity contribution is 6.21. The third kappa shape index (κ3) is 12.1. The molecule has 2 fully saturated rings. The predicted octanol–water partition coefficient (Wildman–Crippen LogP) is 8.51. The van der Waals surface area contributed by atoms with Gasteiger partial charge in [-0.2, -0.15) is 9.97 Å². The van der Waals surface area contributed by atoms with Crippen LogP contribution in [-0.4, -0.2) is 88.4 Å². The number of hydrogen-bond acceptors (Lipinski definition) is 15. The molecule has 5 heterocycles. The summed E-state index contributed by atoms with van der Waals surface area (Å²) in [5.41, 5.74) is 1.33. The van der Waals surface area contributed by atoms with Crippen LogP contribution in [0.25, 0.3) is 0 Å². The molecule has 3 aliphatic rings. The third-order valence-electron chi connectivity index (χ3n) is 10.8. The second kappa shape index (κ2) is 20.6. The van der Waals surface area contributed by atoms with E-state index in [4.69, 9.17) is 33.1 Å². The van der Waals surface area contributed by atoms with Crippen LogP contribution in [-0.2, 0) is 35.8 Å². The summed E-state index contributed by atoms with van der Waals surface area (Å²) in [5, 5.41) is 17.2. The second-order valence-corrected chi connectivity index (χ2v) is 18.2. The zero-order valence-electron chi connectivity index (χ0n) is 38.2. The first-order valence-electron chi connectivity index (χ1n) is 22.2. The minimum atomic E-state index is -0.588. The van der Waals surface area contributed by atoms with Crippen LogP contribution in [0.1, 0.15) is 147 Å². The van der Waals surface area contributed by atoms with E-state index in [1.807, 2.05) is 41.5 Å². The van der Waals surface area contributed by atoms with Crippen molar-refractivity contribution in [2.45, 2.75) is 130 Å². The van der Waals surface area contributed by atoms with Crippen LogP contribution in [0.3, 0.4) is 0 Å². The third-order valence-corrected chi connectivity index (χ3v) is 10.8. The van der Waals surface area contributed by atoms with E-state index in [1.54, 1.807) is 82.6 Å². The molecular formula is C48H57N7O11. The van der Waals surface area contributed by atoms with Gasteiger partial charge >= 0.3 is 12.2 Å². The van der Waals surface area contributed by atoms with Gasteiger partial charge in [-0.15, -0.1) is 0 Å². The van der Waals surface area contributed by atoms with Gasteiger partial charge in [0.05, 0.1) is 36.4 Å². The van der Waals surface area contributed by atoms with Gasteiger partial charge in [-0.3, -0.25) is 24.3 Å². The van der Waals surface area contributed by atoms with Gasteiger partial charge in [0.2, 0.25) is 0 Å². The fourth-order valence-electron chi connectivity index (χ4n) is 7.64. The summed E-state index contributed by atoms with van der Waals surface area (Å²) in [7, 11) is 0. The lowest BCUT2D eigenvalue weighted by molar-refractivity contribution is 0.00724. The molecule has 18 heteroatoms. The summed E-state index contributed by atoms with van der Waals surface area (Å²) in [6.45, 7) is 12.6. The zero-order valence-corrected chi connectivity index (χ0v) is 38.2. The average molecular weight is 908 g/mol. The van der Waals surface area contributed by atoms with Crippen LogP contribution in [0.15, 0.2) is 81.8 Å². The number of ether oxygens (including phenoxy) is 4. The van der Waals surface area contributed by atoms with Crippen molar-refractivity contribution in [1.82, 2.24) is 35.0 Å². The Labute approximate surface area is 383 Å². The lowest BCUT2D eigenvalue weighted by Gasteiger charge is -2.35. The average Bonchev–Trinajstić information content (AvgIpc) is 4.04. The Morgan fingerprint density at radius 3 is 1.47 bits per heavy atom. The van der Waals surface area contributed by atoms with Crippen molar-refractivity contribution in [3.05, 3.63) is 118 Å². The number of aromatic nitrogens is 4. The number of rotatable bonds is 11. The first-order valence-corrected chi connectivity index (χ1v) is 22.2. The molecule has 8 rings (SSSR count). The van der Waals surface area contributed by atoms with Crippen LogP contribution < -0.4 is 9.47 Å². The number of aliphatic hydroxyl groups excluding tert-OH is 1. The number of nitrogens with zero attached hydrogens (tertiary/aromatic N) is 7. The van der Waals surface area contributed by atoms with E-state index < -0.39 is 11.2 Å². The van der Waals surface area contributed by atoms with E-state index >= 15 is 0 Å². The van der Waals surface area contributed by atoms with E-state index in [0.717, 1.165) is 49.7 Å². The minimum Gasteiger partial charge on any atom is -0.484 e. The Morgan fingerprint density at radius 1 is 0.636 bits per heavy atom. The molecule has 0 spiro atoms. The maximum absolute atomic E-state index is 12.7. The molecule has 0 bridgehead atoms. The molecule has 2 aromatic heterocycles. The molecule has 18 nitrogen and oxygen atoms in total. The number of carbonyl (C=O) groups is 4. The summed E-state index contributed by atoms with van der Waals surface area (Å²) in [4.78, 5) is 63.9. The first kappa shape index (κ1) is 47.2. The highest BCUT2D eigenvalue weighted by Crippen LogP contribution is 2.33. The molecule has 0 aliphatic carbocycles. The van der Waals surface area contributed by atoms with Gasteiger partial charge < -0.3 is 33.1 Å². The van der Waals surface area contributed by atoms with Crippen molar-refractivity contribution >= 4 is 24.0 Å². The summed E-state index contributed by atoms with van der Waals surface area (Å²) in [6.07, 6.45) is 4.52. The van der Waals surface area contributed by atoms with Crippen molar-refractivity contribution in [3.63, 3.8) is 0 Å². The first-order chi connectivity index (χ1) is 31.5. The van der Waals surface area contributed by atoms with Crippen LogP contribution >= 0.6 is 0 Å². The number of likely N-dealkylation sites (tertiary alicyclic amines) is 2. The highest BCUT2D eigenvalue weighted by atomic mass is 16.6. The molecule has 2 saturated heterocycles. The topological polar surface area (TPSA) is 213 Å². The molecule has 3 aromatic carbocycles. The van der Waals surface area contributed by atoms with E-state index in [0.29, 0.717) is 59.1 Å². The Kier molecular flexibility index (Phi) is 14.7. The normalized spacial score (nSPS) is 17.5. The summed E-state index contributed by atoms with van der Waals surface area (Å²) < 4.78 is 33.2. The second-order valence-electron chi connectivity index (χ2n) is 18.2. The predicted molar refractivity (Wildman–Crippen MR) is 236 cm³/mol. The standard InChI is InChI=1S/C28H30N4O6.C20H27N3O5/c1-28(2,3)37-27(35)31-15-7-6-10-22(31)24-29-23(38-30-24)17-36-19-13-11-18(12-14-19)16-32-25(33)20-8-4-5-9-21(20)26(32)34;1-20(2,3)27-19(25)23-11-5-4-6-16(23)18-21-17(28-22-18)13-26-15-9-7-14(12-24)8-10-15/h4-5,8-9,11-14,22H,6-7,10,15-17H2,1-3H3;7-10,16,24H,4-6,11-13H2,1-3H3/t22-;16-/m00/s1. The van der Waals surface area contributed by atoms with Crippen molar-refractivity contribution < 1.29 is 52.3 Å². The van der Waals surface area contributed by atoms with Crippen LogP contribution in [0.5, 0.6) is 11.5 Å². The molecular weight excluding hydrogens is 851 g/mol. The van der Waals surface area contributed by atoms with E-state index in [2.05, 4.69) is 20.3 Å².